The molecule has 1 aliphatic rings. The van der Waals surface area contributed by atoms with Crippen molar-refractivity contribution in [3.8, 4) is 0 Å². The molecule has 0 fully saturated rings. The molecule has 0 saturated heterocycles. The third-order valence-electron chi connectivity index (χ3n) is 4.85. The molecule has 0 saturated carbocycles. The van der Waals surface area contributed by atoms with Crippen LogP contribution in [0.3, 0.4) is 0 Å². The Morgan fingerprint density at radius 3 is 2.56 bits per heavy atom. The first-order valence-electron chi connectivity index (χ1n) is 8.81. The monoisotopic (exact) mass is 371 g/mol. The van der Waals surface area contributed by atoms with Gasteiger partial charge in [-0.05, 0) is 36.8 Å². The van der Waals surface area contributed by atoms with Gasteiger partial charge in [-0.2, -0.15) is 0 Å². The van der Waals surface area contributed by atoms with E-state index in [1.54, 1.807) is 6.20 Å². The highest BCUT2D eigenvalue weighted by Crippen LogP contribution is 2.43. The standard InChI is InChI=1S/C22H17N3OS/c1-14-9-11-15(12-10-14)20-24-18-17-8-5-13-23-21(17)27-19(18)22(26)25(20)16-6-3-2-4-7-16/h2-13,20,24H,1H3. The van der Waals surface area contributed by atoms with E-state index in [1.807, 2.05) is 47.4 Å². The number of rotatable bonds is 2. The van der Waals surface area contributed by atoms with Gasteiger partial charge in [-0.3, -0.25) is 9.69 Å². The third-order valence-corrected chi connectivity index (χ3v) is 5.95. The maximum atomic E-state index is 13.5. The molecule has 0 bridgehead atoms. The number of carbonyl (C=O) groups excluding carboxylic acids is 1. The fourth-order valence-electron chi connectivity index (χ4n) is 3.49. The van der Waals surface area contributed by atoms with E-state index in [0.29, 0.717) is 4.88 Å². The number of hydrogen-bond acceptors (Lipinski definition) is 4. The molecule has 0 aliphatic carbocycles. The summed E-state index contributed by atoms with van der Waals surface area (Å²) in [5, 5.41) is 4.61. The zero-order valence-corrected chi connectivity index (χ0v) is 15.5. The lowest BCUT2D eigenvalue weighted by molar-refractivity contribution is 0.0979. The summed E-state index contributed by atoms with van der Waals surface area (Å²) in [4.78, 5) is 21.4. The topological polar surface area (TPSA) is 45.2 Å². The summed E-state index contributed by atoms with van der Waals surface area (Å²) in [6, 6.07) is 22.0. The van der Waals surface area contributed by atoms with E-state index in [1.165, 1.54) is 16.9 Å². The first-order valence-corrected chi connectivity index (χ1v) is 9.63. The maximum Gasteiger partial charge on any atom is 0.272 e. The van der Waals surface area contributed by atoms with E-state index in [9.17, 15) is 4.79 Å². The number of fused-ring (bicyclic) bond motifs is 3. The molecule has 1 aliphatic heterocycles. The van der Waals surface area contributed by atoms with Gasteiger partial charge in [0.05, 0.1) is 5.69 Å². The quantitative estimate of drug-likeness (QED) is 0.515. The molecule has 5 rings (SSSR count). The van der Waals surface area contributed by atoms with Gasteiger partial charge in [0.2, 0.25) is 0 Å². The Morgan fingerprint density at radius 1 is 1.00 bits per heavy atom. The SMILES string of the molecule is Cc1ccc(C2Nc3c(sc4ncccc34)C(=O)N2c2ccccc2)cc1. The molecule has 1 atom stereocenters. The fourth-order valence-corrected chi connectivity index (χ4v) is 4.53. The van der Waals surface area contributed by atoms with Crippen LogP contribution in [0.4, 0.5) is 11.4 Å². The van der Waals surface area contributed by atoms with Crippen LogP contribution in [0.2, 0.25) is 0 Å². The molecule has 1 unspecified atom stereocenters. The Kier molecular flexibility index (Phi) is 3.69. The van der Waals surface area contributed by atoms with Crippen LogP contribution >= 0.6 is 11.3 Å². The van der Waals surface area contributed by atoms with Crippen LogP contribution in [-0.4, -0.2) is 10.9 Å². The molecular formula is C22H17N3OS. The van der Waals surface area contributed by atoms with E-state index in [-0.39, 0.29) is 12.1 Å². The molecule has 132 valence electrons. The number of para-hydroxylation sites is 1. The van der Waals surface area contributed by atoms with Crippen LogP contribution in [0.15, 0.2) is 72.9 Å². The minimum absolute atomic E-state index is 0.00326. The van der Waals surface area contributed by atoms with Gasteiger partial charge >= 0.3 is 0 Å². The van der Waals surface area contributed by atoms with Crippen LogP contribution in [0.5, 0.6) is 0 Å². The lowest BCUT2D eigenvalue weighted by Gasteiger charge is -2.37. The molecule has 2 aromatic carbocycles. The highest BCUT2D eigenvalue weighted by Gasteiger charge is 2.36. The van der Waals surface area contributed by atoms with Gasteiger partial charge in [0.25, 0.3) is 5.91 Å². The van der Waals surface area contributed by atoms with Crippen LogP contribution in [-0.2, 0) is 0 Å². The third kappa shape index (κ3) is 2.59. The van der Waals surface area contributed by atoms with Crippen molar-refractivity contribution in [1.82, 2.24) is 4.98 Å². The van der Waals surface area contributed by atoms with E-state index in [4.69, 9.17) is 0 Å². The van der Waals surface area contributed by atoms with Crippen LogP contribution in [0.1, 0.15) is 27.0 Å². The van der Waals surface area contributed by atoms with Crippen molar-refractivity contribution in [2.24, 2.45) is 0 Å². The predicted octanol–water partition coefficient (Wildman–Crippen LogP) is 5.38. The molecule has 1 amide bonds. The normalized spacial score (nSPS) is 16.3. The second-order valence-electron chi connectivity index (χ2n) is 6.63. The number of nitrogens with zero attached hydrogens (tertiary/aromatic N) is 2. The minimum atomic E-state index is -0.272. The first kappa shape index (κ1) is 16.0. The molecule has 2 aromatic heterocycles. The van der Waals surface area contributed by atoms with E-state index in [0.717, 1.165) is 27.2 Å². The summed E-state index contributed by atoms with van der Waals surface area (Å²) in [5.41, 5.74) is 3.99. The number of hydrogen-bond donors (Lipinski definition) is 1. The molecule has 0 radical (unpaired) electrons. The van der Waals surface area contributed by atoms with Gasteiger partial charge < -0.3 is 5.32 Å². The van der Waals surface area contributed by atoms with Crippen molar-refractivity contribution in [1.29, 1.82) is 0 Å². The lowest BCUT2D eigenvalue weighted by atomic mass is 10.0. The Bertz CT molecular complexity index is 1140. The average molecular weight is 371 g/mol. The molecule has 1 N–H and O–H groups in total. The highest BCUT2D eigenvalue weighted by atomic mass is 32.1. The van der Waals surface area contributed by atoms with Crippen LogP contribution in [0, 0.1) is 6.92 Å². The van der Waals surface area contributed by atoms with Crippen LogP contribution < -0.4 is 10.2 Å². The van der Waals surface area contributed by atoms with Crippen molar-refractivity contribution >= 4 is 38.8 Å². The Morgan fingerprint density at radius 2 is 1.78 bits per heavy atom. The van der Waals surface area contributed by atoms with E-state index >= 15 is 0 Å². The summed E-state index contributed by atoms with van der Waals surface area (Å²) in [7, 11) is 0. The van der Waals surface area contributed by atoms with Gasteiger partial charge in [0.1, 0.15) is 15.9 Å². The van der Waals surface area contributed by atoms with Gasteiger partial charge in [0.15, 0.2) is 0 Å². The molecular weight excluding hydrogens is 354 g/mol. The van der Waals surface area contributed by atoms with Crippen molar-refractivity contribution in [3.05, 3.63) is 88.9 Å². The molecule has 5 heteroatoms. The number of benzene rings is 2. The van der Waals surface area contributed by atoms with Gasteiger partial charge in [-0.25, -0.2) is 4.98 Å². The molecule has 4 aromatic rings. The number of thiophene rings is 1. The van der Waals surface area contributed by atoms with Crippen molar-refractivity contribution in [3.63, 3.8) is 0 Å². The fraction of sp³-hybridized carbons (Fsp3) is 0.0909. The number of carbonyl (C=O) groups is 1. The largest absolute Gasteiger partial charge is 0.359 e. The summed E-state index contributed by atoms with van der Waals surface area (Å²) < 4.78 is 0. The van der Waals surface area contributed by atoms with Crippen molar-refractivity contribution in [2.45, 2.75) is 13.1 Å². The summed E-state index contributed by atoms with van der Waals surface area (Å²) in [6.07, 6.45) is 1.49. The minimum Gasteiger partial charge on any atom is -0.359 e. The number of pyridine rings is 1. The first-order chi connectivity index (χ1) is 13.2. The van der Waals surface area contributed by atoms with E-state index < -0.39 is 0 Å². The summed E-state index contributed by atoms with van der Waals surface area (Å²) in [5.74, 6) is 0.00326. The molecule has 27 heavy (non-hydrogen) atoms. The second kappa shape index (κ2) is 6.21. The van der Waals surface area contributed by atoms with Gasteiger partial charge in [-0.15, -0.1) is 11.3 Å². The van der Waals surface area contributed by atoms with Crippen molar-refractivity contribution in [2.75, 3.05) is 10.2 Å². The van der Waals surface area contributed by atoms with Gasteiger partial charge in [-0.1, -0.05) is 48.0 Å². The smallest absolute Gasteiger partial charge is 0.272 e. The van der Waals surface area contributed by atoms with Gasteiger partial charge in [0, 0.05) is 17.3 Å². The number of amides is 1. The molecule has 3 heterocycles. The predicted molar refractivity (Wildman–Crippen MR) is 110 cm³/mol. The number of anilines is 2. The Hall–Kier alpha value is -3.18. The van der Waals surface area contributed by atoms with Crippen LogP contribution in [0.25, 0.3) is 10.2 Å². The number of aryl methyl sites for hydroxylation is 1. The number of aromatic nitrogens is 1. The summed E-state index contributed by atoms with van der Waals surface area (Å²) >= 11 is 1.44. The Labute approximate surface area is 161 Å². The highest BCUT2D eigenvalue weighted by molar-refractivity contribution is 7.21. The molecule has 4 nitrogen and oxygen atoms in total. The zero-order valence-electron chi connectivity index (χ0n) is 14.7. The average Bonchev–Trinajstić information content (AvgIpc) is 3.08. The summed E-state index contributed by atoms with van der Waals surface area (Å²) in [6.45, 7) is 2.06. The maximum absolute atomic E-state index is 13.5. The lowest BCUT2D eigenvalue weighted by Crippen LogP contribution is -2.42. The zero-order chi connectivity index (χ0) is 18.4. The van der Waals surface area contributed by atoms with E-state index in [2.05, 4.69) is 41.5 Å². The number of nitrogens with one attached hydrogen (secondary N) is 1. The Balaban J connectivity index is 1.71. The second-order valence-corrected chi connectivity index (χ2v) is 7.63. The van der Waals surface area contributed by atoms with Crippen molar-refractivity contribution < 1.29 is 4.79 Å². The molecule has 0 spiro atoms.